The maximum absolute atomic E-state index is 14.6. The van der Waals surface area contributed by atoms with E-state index in [0.717, 1.165) is 6.07 Å². The monoisotopic (exact) mass is 412 g/mol. The highest BCUT2D eigenvalue weighted by atomic mass is 19.3. The summed E-state index contributed by atoms with van der Waals surface area (Å²) in [6.07, 6.45) is -0.130. The number of amidine groups is 1. The molecule has 0 aliphatic carbocycles. The summed E-state index contributed by atoms with van der Waals surface area (Å²) in [5.74, 6) is -0.665. The van der Waals surface area contributed by atoms with Gasteiger partial charge in [0.05, 0.1) is 12.2 Å². The van der Waals surface area contributed by atoms with Crippen LogP contribution in [0.5, 0.6) is 0 Å². The van der Waals surface area contributed by atoms with E-state index in [1.54, 1.807) is 12.1 Å². The minimum Gasteiger partial charge on any atom is -0.385 e. The van der Waals surface area contributed by atoms with Crippen LogP contribution in [0.1, 0.15) is 11.1 Å². The number of alkyl halides is 2. The molecular weight excluding hydrogens is 397 g/mol. The summed E-state index contributed by atoms with van der Waals surface area (Å²) in [6, 6.07) is 9.03. The topological polar surface area (TPSA) is 109 Å². The van der Waals surface area contributed by atoms with E-state index in [9.17, 15) is 13.2 Å². The first kappa shape index (κ1) is 19.6. The average Bonchev–Trinajstić information content (AvgIpc) is 2.74. The first-order valence-corrected chi connectivity index (χ1v) is 8.85. The van der Waals surface area contributed by atoms with Crippen LogP contribution in [0, 0.1) is 17.1 Å². The van der Waals surface area contributed by atoms with Crippen molar-refractivity contribution < 1.29 is 17.9 Å². The second-order valence-electron chi connectivity index (χ2n) is 6.71. The molecule has 0 fully saturated rings. The van der Waals surface area contributed by atoms with Crippen molar-refractivity contribution in [3.8, 4) is 6.07 Å². The van der Waals surface area contributed by atoms with Gasteiger partial charge >= 0.3 is 0 Å². The molecule has 3 aromatic rings. The van der Waals surface area contributed by atoms with Gasteiger partial charge in [0.1, 0.15) is 29.8 Å². The van der Waals surface area contributed by atoms with Gasteiger partial charge in [-0.3, -0.25) is 9.98 Å². The first-order chi connectivity index (χ1) is 14.4. The Morgan fingerprint density at radius 2 is 2.07 bits per heavy atom. The number of hydrogen-bond acceptors (Lipinski definition) is 7. The van der Waals surface area contributed by atoms with Gasteiger partial charge in [0.2, 0.25) is 0 Å². The Morgan fingerprint density at radius 3 is 2.80 bits per heavy atom. The van der Waals surface area contributed by atoms with Gasteiger partial charge in [0, 0.05) is 29.0 Å². The molecule has 0 bridgehead atoms. The van der Waals surface area contributed by atoms with Crippen LogP contribution in [0.15, 0.2) is 47.7 Å². The van der Waals surface area contributed by atoms with Gasteiger partial charge in [-0.2, -0.15) is 5.26 Å². The van der Waals surface area contributed by atoms with E-state index in [-0.39, 0.29) is 18.0 Å². The number of nitrogens with two attached hydrogens (primary N) is 1. The minimum absolute atomic E-state index is 0.0929. The molecule has 0 saturated carbocycles. The molecular formula is C20H15F3N6O. The highest BCUT2D eigenvalue weighted by Gasteiger charge is 2.46. The molecule has 0 saturated heterocycles. The first-order valence-electron chi connectivity index (χ1n) is 8.85. The lowest BCUT2D eigenvalue weighted by atomic mass is 9.90. The van der Waals surface area contributed by atoms with E-state index in [4.69, 9.17) is 15.7 Å². The molecule has 0 spiro atoms. The van der Waals surface area contributed by atoms with Crippen molar-refractivity contribution in [3.63, 3.8) is 0 Å². The largest absolute Gasteiger partial charge is 0.385 e. The Hall–Kier alpha value is -3.71. The molecule has 4 rings (SSSR count). The molecule has 1 atom stereocenters. The number of halogens is 3. The van der Waals surface area contributed by atoms with Gasteiger partial charge in [0.25, 0.3) is 6.43 Å². The molecule has 3 heterocycles. The van der Waals surface area contributed by atoms with Gasteiger partial charge in [0.15, 0.2) is 11.4 Å². The zero-order valence-corrected chi connectivity index (χ0v) is 15.4. The van der Waals surface area contributed by atoms with Crippen LogP contribution in [0.4, 0.5) is 24.7 Å². The fraction of sp³-hybridized carbons (Fsp3) is 0.200. The van der Waals surface area contributed by atoms with E-state index in [1.165, 1.54) is 24.5 Å². The molecule has 3 N–H and O–H groups in total. The fourth-order valence-corrected chi connectivity index (χ4v) is 3.28. The van der Waals surface area contributed by atoms with Gasteiger partial charge in [-0.15, -0.1) is 0 Å². The predicted octanol–water partition coefficient (Wildman–Crippen LogP) is 3.23. The molecule has 0 amide bonds. The lowest BCUT2D eigenvalue weighted by Gasteiger charge is -2.33. The minimum atomic E-state index is -3.04. The van der Waals surface area contributed by atoms with Gasteiger partial charge < -0.3 is 15.8 Å². The molecule has 30 heavy (non-hydrogen) atoms. The maximum Gasteiger partial charge on any atom is 0.269 e. The fourth-order valence-electron chi connectivity index (χ4n) is 3.28. The Morgan fingerprint density at radius 1 is 1.23 bits per heavy atom. The number of ether oxygens (including phenoxy) is 1. The molecule has 10 heteroatoms. The Balaban J connectivity index is 1.77. The van der Waals surface area contributed by atoms with Crippen LogP contribution < -0.4 is 11.1 Å². The van der Waals surface area contributed by atoms with E-state index in [2.05, 4.69) is 20.3 Å². The number of aromatic nitrogens is 2. The summed E-state index contributed by atoms with van der Waals surface area (Å²) in [6.45, 7) is -0.596. The number of hydrogen-bond donors (Lipinski definition) is 2. The van der Waals surface area contributed by atoms with Crippen LogP contribution in [0.25, 0.3) is 10.9 Å². The Bertz CT molecular complexity index is 1190. The summed E-state index contributed by atoms with van der Waals surface area (Å²) in [5.41, 5.74) is 4.17. The molecule has 0 radical (unpaired) electrons. The number of nitrogens with zero attached hydrogens (tertiary/aromatic N) is 4. The molecule has 1 aliphatic heterocycles. The summed E-state index contributed by atoms with van der Waals surface area (Å²) < 4.78 is 47.7. The predicted molar refractivity (Wildman–Crippen MR) is 104 cm³/mol. The number of aliphatic imine (C=N–C) groups is 1. The number of pyridine rings is 2. The van der Waals surface area contributed by atoms with Crippen molar-refractivity contribution in [2.24, 2.45) is 10.7 Å². The molecule has 0 unspecified atom stereocenters. The number of nitriles is 1. The summed E-state index contributed by atoms with van der Waals surface area (Å²) >= 11 is 0. The van der Waals surface area contributed by atoms with E-state index >= 15 is 0 Å². The summed E-state index contributed by atoms with van der Waals surface area (Å²) in [4.78, 5) is 12.3. The third kappa shape index (κ3) is 3.40. The van der Waals surface area contributed by atoms with Crippen molar-refractivity contribution in [1.82, 2.24) is 9.97 Å². The van der Waals surface area contributed by atoms with E-state index in [0.29, 0.717) is 28.0 Å². The average molecular weight is 412 g/mol. The van der Waals surface area contributed by atoms with Crippen molar-refractivity contribution in [1.29, 1.82) is 5.26 Å². The molecule has 1 aliphatic rings. The highest BCUT2D eigenvalue weighted by molar-refractivity contribution is 5.90. The second-order valence-corrected chi connectivity index (χ2v) is 6.71. The third-order valence-electron chi connectivity index (χ3n) is 4.70. The number of fused-ring (bicyclic) bond motifs is 1. The van der Waals surface area contributed by atoms with Gasteiger partial charge in [-0.1, -0.05) is 0 Å². The maximum atomic E-state index is 14.6. The summed E-state index contributed by atoms with van der Waals surface area (Å²) in [7, 11) is 0. The van der Waals surface area contributed by atoms with E-state index < -0.39 is 24.4 Å². The van der Waals surface area contributed by atoms with Crippen LogP contribution in [-0.2, 0) is 10.3 Å². The Kier molecular flexibility index (Phi) is 4.97. The molecule has 7 nitrogen and oxygen atoms in total. The van der Waals surface area contributed by atoms with Crippen LogP contribution in [0.2, 0.25) is 0 Å². The van der Waals surface area contributed by atoms with Crippen molar-refractivity contribution in [3.05, 3.63) is 59.7 Å². The molecule has 1 aromatic carbocycles. The lowest BCUT2D eigenvalue weighted by Crippen LogP contribution is -2.45. The van der Waals surface area contributed by atoms with Crippen LogP contribution in [0.3, 0.4) is 0 Å². The molecule has 2 aromatic heterocycles. The van der Waals surface area contributed by atoms with Crippen LogP contribution >= 0.6 is 0 Å². The van der Waals surface area contributed by atoms with Crippen molar-refractivity contribution >= 4 is 28.2 Å². The number of benzene rings is 1. The number of nitrogens with one attached hydrogen (secondary N) is 1. The normalized spacial score (nSPS) is 18.8. The standard InChI is InChI=1S/C20H15F3N6O/c21-15-2-1-13(6-14(15)20(19(22)23)10-30-9-16(25)29-20)28-18-17-12(3-4-26-18)5-11(7-24)8-27-17/h1-6,8,19H,9-10H2,(H2,25,29)(H,26,28)/t20-/m1/s1. The number of anilines is 2. The van der Waals surface area contributed by atoms with Crippen LogP contribution in [-0.4, -0.2) is 35.4 Å². The zero-order valence-electron chi connectivity index (χ0n) is 15.4. The summed E-state index contributed by atoms with van der Waals surface area (Å²) in [5, 5.41) is 12.7. The smallest absolute Gasteiger partial charge is 0.269 e. The van der Waals surface area contributed by atoms with Crippen molar-refractivity contribution in [2.75, 3.05) is 18.5 Å². The highest BCUT2D eigenvalue weighted by Crippen LogP contribution is 2.38. The second kappa shape index (κ2) is 7.61. The van der Waals surface area contributed by atoms with Gasteiger partial charge in [-0.05, 0) is 30.3 Å². The SMILES string of the molecule is N#Cc1cnc2c(Nc3ccc(F)c([C@@]4(C(F)F)COCC(N)=N4)c3)nccc2c1. The third-order valence-corrected chi connectivity index (χ3v) is 4.70. The Labute approximate surface area is 169 Å². The van der Waals surface area contributed by atoms with E-state index in [1.807, 2.05) is 6.07 Å². The zero-order chi connectivity index (χ0) is 21.3. The van der Waals surface area contributed by atoms with Crippen molar-refractivity contribution in [2.45, 2.75) is 12.0 Å². The quantitative estimate of drug-likeness (QED) is 0.681. The number of rotatable bonds is 4. The van der Waals surface area contributed by atoms with Gasteiger partial charge in [-0.25, -0.2) is 18.2 Å². The lowest BCUT2D eigenvalue weighted by molar-refractivity contribution is -0.0145. The molecule has 152 valence electrons.